The highest BCUT2D eigenvalue weighted by molar-refractivity contribution is 6.32. The minimum absolute atomic E-state index is 0.330. The minimum Gasteiger partial charge on any atom is -0.491 e. The van der Waals surface area contributed by atoms with Crippen molar-refractivity contribution >= 4 is 11.6 Å². The first-order valence-electron chi connectivity index (χ1n) is 6.86. The van der Waals surface area contributed by atoms with E-state index in [9.17, 15) is 5.11 Å². The first-order valence-corrected chi connectivity index (χ1v) is 7.24. The number of hydrogen-bond donors (Lipinski definition) is 1. The van der Waals surface area contributed by atoms with E-state index in [1.54, 1.807) is 0 Å². The molecule has 1 aliphatic rings. The number of aliphatic hydroxyl groups is 1. The molecule has 106 valence electrons. The van der Waals surface area contributed by atoms with Crippen LogP contribution in [0.15, 0.2) is 12.1 Å². The molecule has 1 aliphatic heterocycles. The summed E-state index contributed by atoms with van der Waals surface area (Å²) < 4.78 is 5.66. The summed E-state index contributed by atoms with van der Waals surface area (Å²) in [4.78, 5) is 2.28. The zero-order valence-electron chi connectivity index (χ0n) is 11.7. The van der Waals surface area contributed by atoms with Gasteiger partial charge in [0.15, 0.2) is 0 Å². The smallest absolute Gasteiger partial charge is 0.120 e. The van der Waals surface area contributed by atoms with Crippen molar-refractivity contribution in [2.75, 3.05) is 26.2 Å². The number of benzene rings is 1. The number of β-amino-alcohol motifs (C(OH)–C–C–N with tert-alkyl or cyclic N) is 1. The van der Waals surface area contributed by atoms with Crippen LogP contribution in [0.2, 0.25) is 5.02 Å². The number of ether oxygens (including phenoxy) is 1. The highest BCUT2D eigenvalue weighted by Gasteiger charge is 2.16. The Bertz CT molecular complexity index is 407. The Hall–Kier alpha value is -0.770. The Labute approximate surface area is 120 Å². The number of likely N-dealkylation sites (tertiary alicyclic amines) is 1. The third kappa shape index (κ3) is 4.10. The van der Waals surface area contributed by atoms with E-state index in [1.165, 1.54) is 12.8 Å². The van der Waals surface area contributed by atoms with Gasteiger partial charge in [-0.15, -0.1) is 0 Å². The predicted molar refractivity (Wildman–Crippen MR) is 78.1 cm³/mol. The van der Waals surface area contributed by atoms with Crippen molar-refractivity contribution in [2.45, 2.75) is 32.8 Å². The number of aliphatic hydroxyl groups excluding tert-OH is 1. The summed E-state index contributed by atoms with van der Waals surface area (Å²) in [5, 5.41) is 10.8. The average molecular weight is 284 g/mol. The lowest BCUT2D eigenvalue weighted by molar-refractivity contribution is 0.0758. The molecule has 3 nitrogen and oxygen atoms in total. The molecule has 2 rings (SSSR count). The lowest BCUT2D eigenvalue weighted by atomic mass is 10.1. The molecule has 0 saturated carbocycles. The summed E-state index contributed by atoms with van der Waals surface area (Å²) in [6, 6.07) is 3.83. The van der Waals surface area contributed by atoms with Crippen molar-refractivity contribution in [1.82, 2.24) is 4.90 Å². The van der Waals surface area contributed by atoms with E-state index in [0.717, 1.165) is 35.0 Å². The van der Waals surface area contributed by atoms with Gasteiger partial charge in [-0.3, -0.25) is 0 Å². The second kappa shape index (κ2) is 6.60. The molecule has 19 heavy (non-hydrogen) atoms. The fourth-order valence-electron chi connectivity index (χ4n) is 2.50. The van der Waals surface area contributed by atoms with Crippen molar-refractivity contribution in [3.05, 3.63) is 28.3 Å². The maximum absolute atomic E-state index is 9.97. The van der Waals surface area contributed by atoms with Gasteiger partial charge in [0, 0.05) is 11.6 Å². The van der Waals surface area contributed by atoms with Gasteiger partial charge >= 0.3 is 0 Å². The van der Waals surface area contributed by atoms with E-state index in [4.69, 9.17) is 16.3 Å². The highest BCUT2D eigenvalue weighted by atomic mass is 35.5. The number of hydrogen-bond acceptors (Lipinski definition) is 3. The lowest BCUT2D eigenvalue weighted by Crippen LogP contribution is -2.33. The van der Waals surface area contributed by atoms with Crippen molar-refractivity contribution < 1.29 is 9.84 Å². The van der Waals surface area contributed by atoms with Crippen LogP contribution in [-0.4, -0.2) is 42.4 Å². The van der Waals surface area contributed by atoms with Gasteiger partial charge in [0.2, 0.25) is 0 Å². The van der Waals surface area contributed by atoms with Crippen molar-refractivity contribution in [3.63, 3.8) is 0 Å². The van der Waals surface area contributed by atoms with E-state index in [-0.39, 0.29) is 0 Å². The zero-order valence-corrected chi connectivity index (χ0v) is 12.4. The SMILES string of the molecule is Cc1cc(OC[C@H](O)CN2CCCC2)cc(C)c1Cl. The average Bonchev–Trinajstić information content (AvgIpc) is 2.86. The molecule has 0 amide bonds. The molecule has 1 saturated heterocycles. The van der Waals surface area contributed by atoms with Crippen LogP contribution < -0.4 is 4.74 Å². The van der Waals surface area contributed by atoms with Gasteiger partial charge in [-0.25, -0.2) is 0 Å². The fraction of sp³-hybridized carbons (Fsp3) is 0.600. The Morgan fingerprint density at radius 1 is 1.26 bits per heavy atom. The summed E-state index contributed by atoms with van der Waals surface area (Å²) >= 11 is 6.11. The molecule has 1 fully saturated rings. The Morgan fingerprint density at radius 2 is 1.84 bits per heavy atom. The van der Waals surface area contributed by atoms with Crippen molar-refractivity contribution in [3.8, 4) is 5.75 Å². The van der Waals surface area contributed by atoms with E-state index < -0.39 is 6.10 Å². The predicted octanol–water partition coefficient (Wildman–Crippen LogP) is 2.79. The summed E-state index contributed by atoms with van der Waals surface area (Å²) in [7, 11) is 0. The number of nitrogens with zero attached hydrogens (tertiary/aromatic N) is 1. The topological polar surface area (TPSA) is 32.7 Å². The molecule has 0 aromatic heterocycles. The first kappa shape index (κ1) is 14.6. The number of rotatable bonds is 5. The van der Waals surface area contributed by atoms with E-state index in [2.05, 4.69) is 4.90 Å². The molecule has 0 unspecified atom stereocenters. The third-order valence-electron chi connectivity index (χ3n) is 3.52. The summed E-state index contributed by atoms with van der Waals surface area (Å²) in [5.74, 6) is 0.778. The summed E-state index contributed by atoms with van der Waals surface area (Å²) in [5.41, 5.74) is 2.01. The molecule has 0 bridgehead atoms. The van der Waals surface area contributed by atoms with Gasteiger partial charge in [0.25, 0.3) is 0 Å². The summed E-state index contributed by atoms with van der Waals surface area (Å²) in [6.45, 7) is 7.14. The number of halogens is 1. The molecule has 1 N–H and O–H groups in total. The lowest BCUT2D eigenvalue weighted by Gasteiger charge is -2.20. The molecule has 1 aromatic rings. The third-order valence-corrected chi connectivity index (χ3v) is 4.12. The molecule has 0 radical (unpaired) electrons. The van der Waals surface area contributed by atoms with Crippen molar-refractivity contribution in [2.24, 2.45) is 0 Å². The van der Waals surface area contributed by atoms with Crippen LogP contribution >= 0.6 is 11.6 Å². The molecular weight excluding hydrogens is 262 g/mol. The molecule has 1 aromatic carbocycles. The summed E-state index contributed by atoms with van der Waals surface area (Å²) in [6.07, 6.45) is 2.04. The normalized spacial score (nSPS) is 17.7. The molecule has 1 atom stereocenters. The highest BCUT2D eigenvalue weighted by Crippen LogP contribution is 2.25. The standard InChI is InChI=1S/C15H22ClNO2/c1-11-7-14(8-12(2)15(11)16)19-10-13(18)9-17-5-3-4-6-17/h7-8,13,18H,3-6,9-10H2,1-2H3/t13-/m1/s1. The molecule has 4 heteroatoms. The first-order chi connectivity index (χ1) is 9.06. The van der Waals surface area contributed by atoms with Crippen LogP contribution in [0.5, 0.6) is 5.75 Å². The molecular formula is C15H22ClNO2. The van der Waals surface area contributed by atoms with Crippen LogP contribution in [0.25, 0.3) is 0 Å². The van der Waals surface area contributed by atoms with Crippen LogP contribution in [0.1, 0.15) is 24.0 Å². The van der Waals surface area contributed by atoms with Gasteiger partial charge < -0.3 is 14.7 Å². The Morgan fingerprint density at radius 3 is 2.42 bits per heavy atom. The Balaban J connectivity index is 1.84. The van der Waals surface area contributed by atoms with Crippen LogP contribution in [-0.2, 0) is 0 Å². The van der Waals surface area contributed by atoms with Gasteiger partial charge in [-0.1, -0.05) is 11.6 Å². The second-order valence-corrected chi connectivity index (χ2v) is 5.72. The van der Waals surface area contributed by atoms with Gasteiger partial charge in [0.05, 0.1) is 0 Å². The zero-order chi connectivity index (χ0) is 13.8. The quantitative estimate of drug-likeness (QED) is 0.902. The monoisotopic (exact) mass is 283 g/mol. The van der Waals surface area contributed by atoms with Gasteiger partial charge in [-0.2, -0.15) is 0 Å². The largest absolute Gasteiger partial charge is 0.491 e. The Kier molecular flexibility index (Phi) is 5.08. The van der Waals surface area contributed by atoms with Gasteiger partial charge in [0.1, 0.15) is 18.5 Å². The van der Waals surface area contributed by atoms with Crippen LogP contribution in [0.4, 0.5) is 0 Å². The molecule has 0 spiro atoms. The number of aryl methyl sites for hydroxylation is 2. The van der Waals surface area contributed by atoms with Crippen LogP contribution in [0, 0.1) is 13.8 Å². The maximum Gasteiger partial charge on any atom is 0.120 e. The van der Waals surface area contributed by atoms with E-state index in [1.807, 2.05) is 26.0 Å². The second-order valence-electron chi connectivity index (χ2n) is 5.34. The van der Waals surface area contributed by atoms with Crippen LogP contribution in [0.3, 0.4) is 0 Å². The maximum atomic E-state index is 9.97. The molecule has 1 heterocycles. The van der Waals surface area contributed by atoms with Crippen molar-refractivity contribution in [1.29, 1.82) is 0 Å². The van der Waals surface area contributed by atoms with E-state index >= 15 is 0 Å². The minimum atomic E-state index is -0.436. The fourth-order valence-corrected chi connectivity index (χ4v) is 2.61. The van der Waals surface area contributed by atoms with Gasteiger partial charge in [-0.05, 0) is 63.0 Å². The van der Waals surface area contributed by atoms with E-state index in [0.29, 0.717) is 13.2 Å². The molecule has 0 aliphatic carbocycles.